The van der Waals surface area contributed by atoms with Gasteiger partial charge in [-0.15, -0.1) is 0 Å². The molecule has 0 saturated carbocycles. The molecular formula is C25H27ClN2O3S. The number of hydrogen-bond acceptors (Lipinski definition) is 3. The lowest BCUT2D eigenvalue weighted by Crippen LogP contribution is -2.45. The van der Waals surface area contributed by atoms with Crippen molar-refractivity contribution in [1.29, 1.82) is 0 Å². The Morgan fingerprint density at radius 1 is 0.906 bits per heavy atom. The molecule has 0 saturated heterocycles. The van der Waals surface area contributed by atoms with Crippen molar-refractivity contribution in [3.05, 3.63) is 93.5 Å². The molecule has 0 aliphatic carbocycles. The first-order valence-electron chi connectivity index (χ1n) is 10.3. The van der Waals surface area contributed by atoms with Gasteiger partial charge in [0.15, 0.2) is 0 Å². The van der Waals surface area contributed by atoms with Crippen molar-refractivity contribution < 1.29 is 13.2 Å². The van der Waals surface area contributed by atoms with Crippen molar-refractivity contribution in [2.24, 2.45) is 0 Å². The number of hydrogen-bond donors (Lipinski definition) is 2. The summed E-state index contributed by atoms with van der Waals surface area (Å²) in [4.78, 5) is 13.4. The summed E-state index contributed by atoms with van der Waals surface area (Å²) in [5.41, 5.74) is 4.47. The summed E-state index contributed by atoms with van der Waals surface area (Å²) < 4.78 is 29.3. The average molecular weight is 471 g/mol. The first kappa shape index (κ1) is 24.0. The van der Waals surface area contributed by atoms with E-state index in [1.807, 2.05) is 56.3 Å². The lowest BCUT2D eigenvalue weighted by molar-refractivity contribution is -0.117. The molecule has 3 aromatic carbocycles. The van der Waals surface area contributed by atoms with Crippen LogP contribution in [-0.4, -0.2) is 20.4 Å². The van der Waals surface area contributed by atoms with E-state index in [0.717, 1.165) is 16.7 Å². The monoisotopic (exact) mass is 470 g/mol. The van der Waals surface area contributed by atoms with Gasteiger partial charge in [0.25, 0.3) is 0 Å². The number of amides is 1. The number of aryl methyl sites for hydroxylation is 4. The molecule has 0 fully saturated rings. The van der Waals surface area contributed by atoms with Gasteiger partial charge in [0.2, 0.25) is 15.9 Å². The summed E-state index contributed by atoms with van der Waals surface area (Å²) in [6.07, 6.45) is 0.204. The maximum Gasteiger partial charge on any atom is 0.242 e. The summed E-state index contributed by atoms with van der Waals surface area (Å²) in [7, 11) is -3.95. The van der Waals surface area contributed by atoms with Gasteiger partial charge in [-0.25, -0.2) is 8.42 Å². The third-order valence-electron chi connectivity index (χ3n) is 5.23. The molecule has 0 unspecified atom stereocenters. The number of rotatable bonds is 7. The fraction of sp³-hybridized carbons (Fsp3) is 0.240. The quantitative estimate of drug-likeness (QED) is 0.504. The topological polar surface area (TPSA) is 75.3 Å². The van der Waals surface area contributed by atoms with E-state index in [4.69, 9.17) is 11.6 Å². The van der Waals surface area contributed by atoms with Gasteiger partial charge >= 0.3 is 0 Å². The Morgan fingerprint density at radius 2 is 1.53 bits per heavy atom. The second-order valence-electron chi connectivity index (χ2n) is 8.04. The van der Waals surface area contributed by atoms with Crippen LogP contribution >= 0.6 is 11.6 Å². The largest absolute Gasteiger partial charge is 0.324 e. The Hall–Kier alpha value is -2.67. The fourth-order valence-corrected chi connectivity index (χ4v) is 5.64. The number of carbonyl (C=O) groups excluding carboxylic acids is 1. The van der Waals surface area contributed by atoms with E-state index < -0.39 is 22.0 Å². The Labute approximate surface area is 194 Å². The fourth-order valence-electron chi connectivity index (χ4n) is 3.82. The number of benzene rings is 3. The number of nitrogens with one attached hydrogen (secondary N) is 2. The summed E-state index contributed by atoms with van der Waals surface area (Å²) >= 11 is 6.08. The highest BCUT2D eigenvalue weighted by atomic mass is 35.5. The Bertz CT molecular complexity index is 1220. The van der Waals surface area contributed by atoms with Crippen LogP contribution in [0.5, 0.6) is 0 Å². The highest BCUT2D eigenvalue weighted by Crippen LogP contribution is 2.24. The van der Waals surface area contributed by atoms with Crippen LogP contribution in [0.3, 0.4) is 0 Å². The van der Waals surface area contributed by atoms with Gasteiger partial charge in [-0.2, -0.15) is 4.72 Å². The molecule has 0 heterocycles. The lowest BCUT2D eigenvalue weighted by atomic mass is 10.1. The minimum Gasteiger partial charge on any atom is -0.324 e. The number of carbonyl (C=O) groups is 1. The molecule has 168 valence electrons. The highest BCUT2D eigenvalue weighted by Gasteiger charge is 2.28. The zero-order valence-electron chi connectivity index (χ0n) is 18.6. The molecule has 5 nitrogen and oxygen atoms in total. The van der Waals surface area contributed by atoms with Gasteiger partial charge in [0, 0.05) is 10.7 Å². The smallest absolute Gasteiger partial charge is 0.242 e. The predicted molar refractivity (Wildman–Crippen MR) is 130 cm³/mol. The molecule has 0 spiro atoms. The van der Waals surface area contributed by atoms with Crippen LogP contribution in [0.1, 0.15) is 27.8 Å². The van der Waals surface area contributed by atoms with E-state index in [1.54, 1.807) is 32.0 Å². The number of halogens is 1. The number of anilines is 1. The molecule has 1 amide bonds. The maximum atomic E-state index is 13.4. The summed E-state index contributed by atoms with van der Waals surface area (Å²) in [5.74, 6) is -0.454. The maximum absolute atomic E-state index is 13.4. The van der Waals surface area contributed by atoms with Crippen LogP contribution in [0.25, 0.3) is 0 Å². The molecule has 32 heavy (non-hydrogen) atoms. The summed E-state index contributed by atoms with van der Waals surface area (Å²) in [5, 5.41) is 3.32. The van der Waals surface area contributed by atoms with Crippen molar-refractivity contribution in [3.63, 3.8) is 0 Å². The third-order valence-corrected chi connectivity index (χ3v) is 7.24. The van der Waals surface area contributed by atoms with Crippen LogP contribution in [0.2, 0.25) is 5.02 Å². The molecule has 3 rings (SSSR count). The van der Waals surface area contributed by atoms with Gasteiger partial charge in [-0.05, 0) is 68.5 Å². The number of sulfonamides is 1. The van der Waals surface area contributed by atoms with Crippen LogP contribution in [-0.2, 0) is 21.2 Å². The molecule has 0 bridgehead atoms. The predicted octanol–water partition coefficient (Wildman–Crippen LogP) is 5.10. The molecule has 0 radical (unpaired) electrons. The average Bonchev–Trinajstić information content (AvgIpc) is 2.69. The third kappa shape index (κ3) is 5.76. The van der Waals surface area contributed by atoms with Crippen molar-refractivity contribution in [2.45, 2.75) is 45.1 Å². The minimum atomic E-state index is -3.95. The van der Waals surface area contributed by atoms with Crippen LogP contribution in [0.4, 0.5) is 5.69 Å². The Balaban J connectivity index is 1.96. The van der Waals surface area contributed by atoms with Gasteiger partial charge in [-0.3, -0.25) is 4.79 Å². The summed E-state index contributed by atoms with van der Waals surface area (Å²) in [6, 6.07) is 17.1. The van der Waals surface area contributed by atoms with E-state index in [0.29, 0.717) is 21.8 Å². The van der Waals surface area contributed by atoms with Crippen molar-refractivity contribution in [1.82, 2.24) is 4.72 Å². The second-order valence-corrected chi connectivity index (χ2v) is 10.1. The summed E-state index contributed by atoms with van der Waals surface area (Å²) in [6.45, 7) is 7.29. The van der Waals surface area contributed by atoms with E-state index in [2.05, 4.69) is 10.0 Å². The molecule has 0 aliphatic rings. The van der Waals surface area contributed by atoms with Gasteiger partial charge in [-0.1, -0.05) is 65.7 Å². The molecule has 0 aromatic heterocycles. The molecular weight excluding hydrogens is 444 g/mol. The molecule has 0 aliphatic heterocycles. The molecule has 1 atom stereocenters. The Morgan fingerprint density at radius 3 is 2.16 bits per heavy atom. The van der Waals surface area contributed by atoms with Crippen LogP contribution in [0, 0.1) is 27.7 Å². The second kappa shape index (κ2) is 9.86. The van der Waals surface area contributed by atoms with E-state index in [-0.39, 0.29) is 11.3 Å². The molecule has 2 N–H and O–H groups in total. The van der Waals surface area contributed by atoms with Crippen LogP contribution < -0.4 is 10.0 Å². The standard InChI is InChI=1S/C25H27ClN2O3S/c1-16-12-18(3)24(19(4)13-16)32(30,31)28-23(14-20-8-6-5-7-9-20)25(29)27-22-15-21(26)11-10-17(22)2/h5-13,15,23,28H,14H2,1-4H3,(H,27,29)/t23-/m1/s1. The van der Waals surface area contributed by atoms with Gasteiger partial charge in [0.05, 0.1) is 4.90 Å². The zero-order valence-corrected chi connectivity index (χ0v) is 20.1. The normalized spacial score (nSPS) is 12.4. The van der Waals surface area contributed by atoms with E-state index in [1.165, 1.54) is 0 Å². The SMILES string of the molecule is Cc1cc(C)c(S(=O)(=O)N[C@H](Cc2ccccc2)C(=O)Nc2cc(Cl)ccc2C)c(C)c1. The minimum absolute atomic E-state index is 0.202. The first-order chi connectivity index (χ1) is 15.1. The highest BCUT2D eigenvalue weighted by molar-refractivity contribution is 7.89. The zero-order chi connectivity index (χ0) is 23.5. The van der Waals surface area contributed by atoms with Crippen molar-refractivity contribution >= 4 is 33.2 Å². The van der Waals surface area contributed by atoms with Crippen LogP contribution in [0.15, 0.2) is 65.6 Å². The van der Waals surface area contributed by atoms with Crippen molar-refractivity contribution in [2.75, 3.05) is 5.32 Å². The van der Waals surface area contributed by atoms with Gasteiger partial charge in [0.1, 0.15) is 6.04 Å². The Kier molecular flexibility index (Phi) is 7.39. The van der Waals surface area contributed by atoms with E-state index >= 15 is 0 Å². The lowest BCUT2D eigenvalue weighted by Gasteiger charge is -2.21. The molecule has 7 heteroatoms. The van der Waals surface area contributed by atoms with Crippen molar-refractivity contribution in [3.8, 4) is 0 Å². The van der Waals surface area contributed by atoms with Gasteiger partial charge < -0.3 is 5.32 Å². The van der Waals surface area contributed by atoms with E-state index in [9.17, 15) is 13.2 Å². The first-order valence-corrected chi connectivity index (χ1v) is 12.1. The molecule has 3 aromatic rings.